The highest BCUT2D eigenvalue weighted by Gasteiger charge is 2.14. The molecule has 0 aromatic heterocycles. The number of nitrogens with zero attached hydrogens (tertiary/aromatic N) is 1. The van der Waals surface area contributed by atoms with Gasteiger partial charge >= 0.3 is 0 Å². The molecule has 18 heavy (non-hydrogen) atoms. The van der Waals surface area contributed by atoms with Gasteiger partial charge in [-0.3, -0.25) is 9.59 Å². The first kappa shape index (κ1) is 16.6. The molecule has 0 spiro atoms. The maximum absolute atomic E-state index is 11.6. The summed E-state index contributed by atoms with van der Waals surface area (Å²) in [5.41, 5.74) is 2.80. The van der Waals surface area contributed by atoms with E-state index < -0.39 is 0 Å². The number of amides is 2. The Bertz CT molecular complexity index is 317. The van der Waals surface area contributed by atoms with Crippen LogP contribution in [0.4, 0.5) is 0 Å². The van der Waals surface area contributed by atoms with Crippen molar-refractivity contribution in [2.24, 2.45) is 5.10 Å². The Hall–Kier alpha value is -1.39. The summed E-state index contributed by atoms with van der Waals surface area (Å²) in [5.74, 6) is -0.195. The van der Waals surface area contributed by atoms with Crippen LogP contribution in [0.3, 0.4) is 0 Å². The normalized spacial score (nSPS) is 12.2. The van der Waals surface area contributed by atoms with Crippen molar-refractivity contribution in [3.8, 4) is 0 Å². The molecule has 0 heterocycles. The highest BCUT2D eigenvalue weighted by atomic mass is 16.2. The summed E-state index contributed by atoms with van der Waals surface area (Å²) in [4.78, 5) is 22.9. The van der Waals surface area contributed by atoms with Gasteiger partial charge in [0.1, 0.15) is 0 Å². The van der Waals surface area contributed by atoms with Crippen molar-refractivity contribution in [2.75, 3.05) is 0 Å². The molecule has 2 N–H and O–H groups in total. The summed E-state index contributed by atoms with van der Waals surface area (Å²) in [6.45, 7) is 9.51. The van der Waals surface area contributed by atoms with Gasteiger partial charge in [-0.25, -0.2) is 5.43 Å². The van der Waals surface area contributed by atoms with Gasteiger partial charge in [0.25, 0.3) is 0 Å². The number of unbranched alkanes of at least 4 members (excludes halogenated alkanes) is 1. The zero-order valence-electron chi connectivity index (χ0n) is 12.1. The van der Waals surface area contributed by atoms with E-state index in [9.17, 15) is 9.59 Å². The van der Waals surface area contributed by atoms with E-state index in [1.54, 1.807) is 6.92 Å². The predicted molar refractivity (Wildman–Crippen MR) is 73.3 cm³/mol. The second-order valence-corrected chi connectivity index (χ2v) is 5.46. The van der Waals surface area contributed by atoms with Crippen LogP contribution >= 0.6 is 0 Å². The lowest BCUT2D eigenvalue weighted by atomic mass is 10.1. The molecule has 5 nitrogen and oxygen atoms in total. The molecule has 104 valence electrons. The Morgan fingerprint density at radius 3 is 2.28 bits per heavy atom. The van der Waals surface area contributed by atoms with E-state index in [0.717, 1.165) is 12.8 Å². The summed E-state index contributed by atoms with van der Waals surface area (Å²) in [5, 5.41) is 6.74. The molecule has 0 radical (unpaired) electrons. The van der Waals surface area contributed by atoms with Gasteiger partial charge in [-0.15, -0.1) is 0 Å². The average molecular weight is 255 g/mol. The molecule has 5 heteroatoms. The smallest absolute Gasteiger partial charge is 0.240 e. The number of hydrogen-bond donors (Lipinski definition) is 2. The van der Waals surface area contributed by atoms with Crippen LogP contribution in [0.15, 0.2) is 5.10 Å². The topological polar surface area (TPSA) is 70.6 Å². The molecule has 0 aromatic rings. The Kier molecular flexibility index (Phi) is 7.24. The molecule has 0 saturated carbocycles. The fourth-order valence-corrected chi connectivity index (χ4v) is 1.29. The van der Waals surface area contributed by atoms with Crippen molar-refractivity contribution in [2.45, 2.75) is 65.8 Å². The SMILES string of the molecule is CCCCC(=O)N/N=C(/C)CC(=O)NC(C)(C)C. The molecule has 0 bridgehead atoms. The molecule has 2 amide bonds. The molecular formula is C13H25N3O2. The summed E-state index contributed by atoms with van der Waals surface area (Å²) < 4.78 is 0. The van der Waals surface area contributed by atoms with Crippen LogP contribution in [-0.4, -0.2) is 23.1 Å². The van der Waals surface area contributed by atoms with Crippen LogP contribution in [0, 0.1) is 0 Å². The Morgan fingerprint density at radius 2 is 1.78 bits per heavy atom. The van der Waals surface area contributed by atoms with Crippen LogP contribution < -0.4 is 10.7 Å². The number of hydrogen-bond acceptors (Lipinski definition) is 3. The third kappa shape index (κ3) is 9.81. The Balaban J connectivity index is 4.04. The summed E-state index contributed by atoms with van der Waals surface area (Å²) in [6.07, 6.45) is 2.50. The average Bonchev–Trinajstić information content (AvgIpc) is 2.20. The predicted octanol–water partition coefficient (Wildman–Crippen LogP) is 1.97. The molecule has 0 atom stereocenters. The van der Waals surface area contributed by atoms with Gasteiger partial charge in [0.2, 0.25) is 11.8 Å². The zero-order chi connectivity index (χ0) is 14.2. The summed E-state index contributed by atoms with van der Waals surface area (Å²) in [7, 11) is 0. The minimum absolute atomic E-state index is 0.0912. The molecule has 0 aromatic carbocycles. The maximum Gasteiger partial charge on any atom is 0.240 e. The number of hydrazone groups is 1. The molecule has 0 aliphatic rings. The lowest BCUT2D eigenvalue weighted by molar-refractivity contribution is -0.122. The highest BCUT2D eigenvalue weighted by molar-refractivity contribution is 6.00. The molecule has 0 saturated heterocycles. The van der Waals surface area contributed by atoms with E-state index >= 15 is 0 Å². The lowest BCUT2D eigenvalue weighted by Crippen LogP contribution is -2.41. The van der Waals surface area contributed by atoms with Gasteiger partial charge in [0.05, 0.1) is 6.42 Å². The van der Waals surface area contributed by atoms with Crippen molar-refractivity contribution in [1.29, 1.82) is 0 Å². The highest BCUT2D eigenvalue weighted by Crippen LogP contribution is 1.99. The second kappa shape index (κ2) is 7.84. The lowest BCUT2D eigenvalue weighted by Gasteiger charge is -2.20. The fraction of sp³-hybridized carbons (Fsp3) is 0.769. The molecule has 0 fully saturated rings. The van der Waals surface area contributed by atoms with Crippen molar-refractivity contribution in [1.82, 2.24) is 10.7 Å². The van der Waals surface area contributed by atoms with E-state index in [2.05, 4.69) is 15.8 Å². The summed E-state index contributed by atoms with van der Waals surface area (Å²) >= 11 is 0. The van der Waals surface area contributed by atoms with Crippen LogP contribution in [0.25, 0.3) is 0 Å². The minimum Gasteiger partial charge on any atom is -0.351 e. The number of carbonyl (C=O) groups is 2. The zero-order valence-corrected chi connectivity index (χ0v) is 12.1. The van der Waals surface area contributed by atoms with E-state index in [-0.39, 0.29) is 23.8 Å². The first-order chi connectivity index (χ1) is 8.24. The number of nitrogens with one attached hydrogen (secondary N) is 2. The van der Waals surface area contributed by atoms with E-state index in [0.29, 0.717) is 12.1 Å². The van der Waals surface area contributed by atoms with Crippen LogP contribution in [-0.2, 0) is 9.59 Å². The van der Waals surface area contributed by atoms with E-state index in [1.807, 2.05) is 27.7 Å². The van der Waals surface area contributed by atoms with Gasteiger partial charge < -0.3 is 5.32 Å². The summed E-state index contributed by atoms with van der Waals surface area (Å²) in [6, 6.07) is 0. The number of carbonyl (C=O) groups excluding carboxylic acids is 2. The maximum atomic E-state index is 11.6. The Morgan fingerprint density at radius 1 is 1.17 bits per heavy atom. The second-order valence-electron chi connectivity index (χ2n) is 5.46. The van der Waals surface area contributed by atoms with Crippen LogP contribution in [0.5, 0.6) is 0 Å². The quantitative estimate of drug-likeness (QED) is 0.562. The van der Waals surface area contributed by atoms with Gasteiger partial charge in [-0.2, -0.15) is 5.10 Å². The van der Waals surface area contributed by atoms with E-state index in [1.165, 1.54) is 0 Å². The van der Waals surface area contributed by atoms with Crippen molar-refractivity contribution < 1.29 is 9.59 Å². The van der Waals surface area contributed by atoms with Gasteiger partial charge in [-0.1, -0.05) is 13.3 Å². The Labute approximate surface area is 109 Å². The third-order valence-corrected chi connectivity index (χ3v) is 2.06. The molecular weight excluding hydrogens is 230 g/mol. The first-order valence-electron chi connectivity index (χ1n) is 6.37. The van der Waals surface area contributed by atoms with Crippen molar-refractivity contribution in [3.05, 3.63) is 0 Å². The van der Waals surface area contributed by atoms with Crippen LogP contribution in [0.2, 0.25) is 0 Å². The molecule has 0 unspecified atom stereocenters. The third-order valence-electron chi connectivity index (χ3n) is 2.06. The molecule has 0 aliphatic carbocycles. The van der Waals surface area contributed by atoms with E-state index in [4.69, 9.17) is 0 Å². The van der Waals surface area contributed by atoms with Crippen molar-refractivity contribution in [3.63, 3.8) is 0 Å². The molecule has 0 aliphatic heterocycles. The number of rotatable bonds is 6. The van der Waals surface area contributed by atoms with Crippen LogP contribution in [0.1, 0.15) is 60.3 Å². The minimum atomic E-state index is -0.248. The van der Waals surface area contributed by atoms with Gasteiger partial charge in [-0.05, 0) is 34.1 Å². The fourth-order valence-electron chi connectivity index (χ4n) is 1.29. The monoisotopic (exact) mass is 255 g/mol. The standard InChI is InChI=1S/C13H25N3O2/c1-6-7-8-11(17)16-15-10(2)9-12(18)14-13(3,4)5/h6-9H2,1-5H3,(H,14,18)(H,16,17)/b15-10-. The van der Waals surface area contributed by atoms with Gasteiger partial charge in [0.15, 0.2) is 0 Å². The first-order valence-corrected chi connectivity index (χ1v) is 6.37. The largest absolute Gasteiger partial charge is 0.351 e. The molecule has 0 rings (SSSR count). The van der Waals surface area contributed by atoms with Crippen molar-refractivity contribution >= 4 is 17.5 Å². The van der Waals surface area contributed by atoms with Gasteiger partial charge in [0, 0.05) is 17.7 Å².